The number of carbonyl (C=O) groups excluding carboxylic acids is 2. The van der Waals surface area contributed by atoms with Crippen molar-refractivity contribution in [1.29, 1.82) is 0 Å². The number of benzene rings is 1. The zero-order valence-electron chi connectivity index (χ0n) is 18.5. The molecule has 32 heavy (non-hydrogen) atoms. The van der Waals surface area contributed by atoms with E-state index in [4.69, 9.17) is 4.74 Å². The summed E-state index contributed by atoms with van der Waals surface area (Å²) < 4.78 is 7.42. The lowest BCUT2D eigenvalue weighted by Gasteiger charge is -2.36. The van der Waals surface area contributed by atoms with E-state index in [2.05, 4.69) is 27.3 Å². The van der Waals surface area contributed by atoms with Gasteiger partial charge in [-0.25, -0.2) is 9.48 Å². The summed E-state index contributed by atoms with van der Waals surface area (Å²) in [6, 6.07) is 7.83. The average Bonchev–Trinajstić information content (AvgIpc) is 3.54. The highest BCUT2D eigenvalue weighted by Crippen LogP contribution is 2.40. The van der Waals surface area contributed by atoms with Gasteiger partial charge < -0.3 is 15.6 Å². The molecule has 3 aliphatic rings. The quantitative estimate of drug-likeness (QED) is 0.578. The lowest BCUT2D eigenvalue weighted by Crippen LogP contribution is -2.46. The van der Waals surface area contributed by atoms with E-state index >= 15 is 0 Å². The van der Waals surface area contributed by atoms with Gasteiger partial charge >= 0.3 is 17.7 Å². The molecule has 1 saturated carbocycles. The van der Waals surface area contributed by atoms with E-state index in [9.17, 15) is 15.1 Å². The maximum absolute atomic E-state index is 12.9. The van der Waals surface area contributed by atoms with Crippen molar-refractivity contribution in [2.24, 2.45) is 0 Å². The Labute approximate surface area is 186 Å². The first-order valence-electron chi connectivity index (χ1n) is 11.0. The standard InChI is InChI=1S/C23H26N6O3/c1-23(2,3)32-22(31)28-11-10-16-18-17(28)12-25-21(30)20(26-24)19(18)27-29(16)15-8-6-14(7-9-15)13-4-5-13/h6-9,13,17H,4-5,10-12H2,1-3H3,(H,25,30)/t17-/m0/s1. The van der Waals surface area contributed by atoms with E-state index in [1.807, 2.05) is 37.6 Å². The predicted molar refractivity (Wildman–Crippen MR) is 116 cm³/mol. The summed E-state index contributed by atoms with van der Waals surface area (Å²) >= 11 is 0. The van der Waals surface area contributed by atoms with Crippen LogP contribution in [0.1, 0.15) is 68.1 Å². The second kappa shape index (κ2) is 7.31. The van der Waals surface area contributed by atoms with Crippen molar-refractivity contribution in [3.05, 3.63) is 52.3 Å². The van der Waals surface area contributed by atoms with Gasteiger partial charge in [-0.3, -0.25) is 9.69 Å². The van der Waals surface area contributed by atoms with Crippen molar-refractivity contribution in [3.8, 4) is 5.69 Å². The van der Waals surface area contributed by atoms with Crippen LogP contribution in [0.2, 0.25) is 0 Å². The lowest BCUT2D eigenvalue weighted by atomic mass is 9.95. The molecule has 1 aromatic carbocycles. The Bertz CT molecular complexity index is 1150. The van der Waals surface area contributed by atoms with Gasteiger partial charge in [0.05, 0.1) is 17.4 Å². The molecule has 1 aromatic heterocycles. The van der Waals surface area contributed by atoms with E-state index in [1.165, 1.54) is 18.4 Å². The highest BCUT2D eigenvalue weighted by atomic mass is 16.6. The minimum atomic E-state index is -0.640. The van der Waals surface area contributed by atoms with Crippen LogP contribution >= 0.6 is 0 Å². The zero-order chi connectivity index (χ0) is 22.6. The summed E-state index contributed by atoms with van der Waals surface area (Å²) in [5.41, 5.74) is 12.9. The molecule has 1 aliphatic carbocycles. The molecule has 9 heteroatoms. The Kier molecular flexibility index (Phi) is 4.67. The van der Waals surface area contributed by atoms with Gasteiger partial charge in [0, 0.05) is 25.1 Å². The molecule has 2 aliphatic heterocycles. The molecule has 1 fully saturated rings. The Morgan fingerprint density at radius 1 is 1.25 bits per heavy atom. The lowest BCUT2D eigenvalue weighted by molar-refractivity contribution is -0.119. The second-order valence-corrected chi connectivity index (χ2v) is 9.58. The molecule has 3 heterocycles. The largest absolute Gasteiger partial charge is 0.444 e. The Hall–Kier alpha value is -3.45. The molecule has 9 nitrogen and oxygen atoms in total. The van der Waals surface area contributed by atoms with Crippen molar-refractivity contribution in [3.63, 3.8) is 0 Å². The first kappa shape index (κ1) is 20.5. The fraction of sp³-hybridized carbons (Fsp3) is 0.478. The van der Waals surface area contributed by atoms with Crippen LogP contribution in [0, 0.1) is 0 Å². The molecular formula is C23H26N6O3. The van der Waals surface area contributed by atoms with Gasteiger partial charge in [0.25, 0.3) is 0 Å². The van der Waals surface area contributed by atoms with Crippen molar-refractivity contribution in [2.45, 2.75) is 57.6 Å². The van der Waals surface area contributed by atoms with E-state index < -0.39 is 23.6 Å². The first-order valence-corrected chi connectivity index (χ1v) is 11.0. The molecule has 0 spiro atoms. The Balaban J connectivity index is 1.60. The maximum atomic E-state index is 12.9. The Morgan fingerprint density at radius 2 is 1.97 bits per heavy atom. The van der Waals surface area contributed by atoms with Crippen molar-refractivity contribution in [2.75, 3.05) is 13.1 Å². The van der Waals surface area contributed by atoms with Crippen LogP contribution in [0.5, 0.6) is 0 Å². The van der Waals surface area contributed by atoms with Crippen molar-refractivity contribution >= 4 is 17.7 Å². The van der Waals surface area contributed by atoms with Gasteiger partial charge in [0.1, 0.15) is 5.60 Å². The van der Waals surface area contributed by atoms with Gasteiger partial charge in [-0.15, -0.1) is 0 Å². The summed E-state index contributed by atoms with van der Waals surface area (Å²) in [5, 5.41) is 7.44. The molecule has 0 saturated heterocycles. The second-order valence-electron chi connectivity index (χ2n) is 9.58. The van der Waals surface area contributed by atoms with Crippen LogP contribution in [-0.2, 0) is 16.0 Å². The third kappa shape index (κ3) is 3.48. The van der Waals surface area contributed by atoms with Crippen LogP contribution in [0.4, 0.5) is 4.79 Å². The SMILES string of the molecule is CC(C)(C)OC(=O)N1CCc2c3c(nn2-c2ccc(C4CC4)cc2)C(=[N+]=[N-])C(=O)NC[C@@H]31. The molecule has 2 amide bonds. The normalized spacial score (nSPS) is 20.2. The van der Waals surface area contributed by atoms with Gasteiger partial charge in [-0.05, 0) is 57.2 Å². The number of nitrogens with one attached hydrogen (secondary N) is 1. The maximum Gasteiger partial charge on any atom is 0.410 e. The fourth-order valence-electron chi connectivity index (χ4n) is 4.51. The summed E-state index contributed by atoms with van der Waals surface area (Å²) in [6.45, 7) is 6.07. The first-order chi connectivity index (χ1) is 15.3. The number of nitrogens with zero attached hydrogens (tertiary/aromatic N) is 5. The molecule has 1 N–H and O–H groups in total. The van der Waals surface area contributed by atoms with Gasteiger partial charge in [-0.1, -0.05) is 12.1 Å². The third-order valence-corrected chi connectivity index (χ3v) is 6.13. The third-order valence-electron chi connectivity index (χ3n) is 6.13. The van der Waals surface area contributed by atoms with E-state index in [-0.39, 0.29) is 12.3 Å². The summed E-state index contributed by atoms with van der Waals surface area (Å²) in [4.78, 5) is 30.4. The number of ether oxygens (including phenoxy) is 1. The van der Waals surface area contributed by atoms with Crippen LogP contribution in [-0.4, -0.2) is 55.9 Å². The number of carbonyl (C=O) groups is 2. The molecule has 166 valence electrons. The Morgan fingerprint density at radius 3 is 2.59 bits per heavy atom. The topological polar surface area (TPSA) is 113 Å². The predicted octanol–water partition coefficient (Wildman–Crippen LogP) is 2.73. The number of rotatable bonds is 2. The van der Waals surface area contributed by atoms with Crippen molar-refractivity contribution < 1.29 is 19.1 Å². The minimum Gasteiger partial charge on any atom is -0.444 e. The average molecular weight is 435 g/mol. The smallest absolute Gasteiger partial charge is 0.410 e. The van der Waals surface area contributed by atoms with E-state index in [0.717, 1.165) is 16.9 Å². The highest BCUT2D eigenvalue weighted by molar-refractivity contribution is 6.43. The monoisotopic (exact) mass is 434 g/mol. The molecule has 1 atom stereocenters. The van der Waals surface area contributed by atoms with Gasteiger partial charge in [0.15, 0.2) is 5.69 Å². The van der Waals surface area contributed by atoms with Gasteiger partial charge in [-0.2, -0.15) is 9.89 Å². The molecule has 5 rings (SSSR count). The number of aromatic nitrogens is 2. The summed E-state index contributed by atoms with van der Waals surface area (Å²) in [7, 11) is 0. The van der Waals surface area contributed by atoms with Crippen LogP contribution in [0.15, 0.2) is 24.3 Å². The molecule has 0 bridgehead atoms. The van der Waals surface area contributed by atoms with Gasteiger partial charge in [0.2, 0.25) is 0 Å². The highest BCUT2D eigenvalue weighted by Gasteiger charge is 2.45. The number of hydrogen-bond donors (Lipinski definition) is 1. The van der Waals surface area contributed by atoms with Crippen LogP contribution in [0.25, 0.3) is 11.2 Å². The van der Waals surface area contributed by atoms with Crippen LogP contribution in [0.3, 0.4) is 0 Å². The van der Waals surface area contributed by atoms with E-state index in [1.54, 1.807) is 4.90 Å². The molecule has 0 unspecified atom stereocenters. The number of amides is 2. The fourth-order valence-corrected chi connectivity index (χ4v) is 4.51. The van der Waals surface area contributed by atoms with Crippen molar-refractivity contribution in [1.82, 2.24) is 20.0 Å². The molecular weight excluding hydrogens is 408 g/mol. The zero-order valence-corrected chi connectivity index (χ0v) is 18.5. The van der Waals surface area contributed by atoms with E-state index in [0.29, 0.717) is 24.6 Å². The molecule has 0 radical (unpaired) electrons. The molecule has 2 aromatic rings. The minimum absolute atomic E-state index is 0.150. The number of hydrogen-bond acceptors (Lipinski definition) is 4. The van der Waals surface area contributed by atoms with Crippen LogP contribution < -0.4 is 5.32 Å². The summed E-state index contributed by atoms with van der Waals surface area (Å²) in [5.74, 6) is 0.128. The summed E-state index contributed by atoms with van der Waals surface area (Å²) in [6.07, 6.45) is 2.55.